The standard InChI is InChI=1S/C23H28F3NO3/c1-17(2)22(28,14-19-10-6-7-11-20(19)30-23(24,25)26)21-16-27(12-13-29-21)15-18-8-4-3-5-9-18/h3-11,17,21,28H,12-16H2,1-2H3/t21?,22-/m0/s1. The summed E-state index contributed by atoms with van der Waals surface area (Å²) in [5, 5.41) is 11.6. The lowest BCUT2D eigenvalue weighted by atomic mass is 9.79. The molecule has 1 heterocycles. The van der Waals surface area contributed by atoms with Crippen LogP contribution in [0.5, 0.6) is 5.75 Å². The average molecular weight is 423 g/mol. The number of para-hydroxylation sites is 1. The third-order valence-electron chi connectivity index (χ3n) is 5.63. The van der Waals surface area contributed by atoms with Gasteiger partial charge in [0.2, 0.25) is 0 Å². The summed E-state index contributed by atoms with van der Waals surface area (Å²) in [6.07, 6.45) is -5.32. The van der Waals surface area contributed by atoms with Crippen molar-refractivity contribution in [1.29, 1.82) is 0 Å². The van der Waals surface area contributed by atoms with E-state index < -0.39 is 18.1 Å². The van der Waals surface area contributed by atoms with Gasteiger partial charge in [-0.2, -0.15) is 0 Å². The maximum Gasteiger partial charge on any atom is 0.573 e. The topological polar surface area (TPSA) is 41.9 Å². The molecule has 7 heteroatoms. The van der Waals surface area contributed by atoms with Crippen molar-refractivity contribution in [3.63, 3.8) is 0 Å². The number of hydrogen-bond acceptors (Lipinski definition) is 4. The molecule has 0 saturated carbocycles. The first-order chi connectivity index (χ1) is 14.2. The summed E-state index contributed by atoms with van der Waals surface area (Å²) >= 11 is 0. The molecule has 2 aromatic rings. The molecule has 3 rings (SSSR count). The first-order valence-corrected chi connectivity index (χ1v) is 10.1. The normalized spacial score (nSPS) is 20.2. The van der Waals surface area contributed by atoms with Crippen LogP contribution in [0.15, 0.2) is 54.6 Å². The first kappa shape index (κ1) is 22.6. The van der Waals surface area contributed by atoms with Gasteiger partial charge in [0.25, 0.3) is 0 Å². The van der Waals surface area contributed by atoms with Crippen LogP contribution in [0.2, 0.25) is 0 Å². The van der Waals surface area contributed by atoms with Gasteiger partial charge in [0, 0.05) is 26.1 Å². The number of benzene rings is 2. The van der Waals surface area contributed by atoms with Crippen molar-refractivity contribution in [1.82, 2.24) is 4.90 Å². The van der Waals surface area contributed by atoms with Gasteiger partial charge in [-0.25, -0.2) is 0 Å². The van der Waals surface area contributed by atoms with Crippen LogP contribution in [0.1, 0.15) is 25.0 Å². The van der Waals surface area contributed by atoms with Gasteiger partial charge < -0.3 is 14.6 Å². The molecule has 0 aliphatic carbocycles. The summed E-state index contributed by atoms with van der Waals surface area (Å²) in [4.78, 5) is 2.20. The van der Waals surface area contributed by atoms with E-state index >= 15 is 0 Å². The van der Waals surface area contributed by atoms with Crippen molar-refractivity contribution in [2.24, 2.45) is 5.92 Å². The third-order valence-corrected chi connectivity index (χ3v) is 5.63. The van der Waals surface area contributed by atoms with Crippen molar-refractivity contribution >= 4 is 0 Å². The number of hydrogen-bond donors (Lipinski definition) is 1. The van der Waals surface area contributed by atoms with E-state index in [0.717, 1.165) is 18.7 Å². The summed E-state index contributed by atoms with van der Waals surface area (Å²) in [5.41, 5.74) is 0.116. The SMILES string of the molecule is CC(C)[C@@](O)(Cc1ccccc1OC(F)(F)F)C1CN(Cc2ccccc2)CCO1. The molecule has 0 bridgehead atoms. The van der Waals surface area contributed by atoms with E-state index in [4.69, 9.17) is 4.74 Å². The fourth-order valence-corrected chi connectivity index (χ4v) is 3.86. The maximum absolute atomic E-state index is 12.8. The monoisotopic (exact) mass is 423 g/mol. The average Bonchev–Trinajstić information content (AvgIpc) is 2.69. The highest BCUT2D eigenvalue weighted by Gasteiger charge is 2.44. The minimum Gasteiger partial charge on any atom is -0.406 e. The van der Waals surface area contributed by atoms with Gasteiger partial charge in [0.05, 0.1) is 18.3 Å². The second kappa shape index (κ2) is 9.37. The Bertz CT molecular complexity index is 813. The number of ether oxygens (including phenoxy) is 2. The van der Waals surface area contributed by atoms with E-state index in [1.165, 1.54) is 12.1 Å². The zero-order chi connectivity index (χ0) is 21.8. The zero-order valence-electron chi connectivity index (χ0n) is 17.2. The van der Waals surface area contributed by atoms with E-state index in [2.05, 4.69) is 9.64 Å². The van der Waals surface area contributed by atoms with Gasteiger partial charge in [-0.3, -0.25) is 4.90 Å². The van der Waals surface area contributed by atoms with E-state index in [1.54, 1.807) is 12.1 Å². The van der Waals surface area contributed by atoms with Crippen LogP contribution >= 0.6 is 0 Å². The minimum absolute atomic E-state index is 0.000758. The van der Waals surface area contributed by atoms with Crippen molar-refractivity contribution in [2.75, 3.05) is 19.7 Å². The van der Waals surface area contributed by atoms with Crippen molar-refractivity contribution in [3.8, 4) is 5.75 Å². The van der Waals surface area contributed by atoms with E-state index in [-0.39, 0.29) is 18.1 Å². The van der Waals surface area contributed by atoms with Crippen LogP contribution in [-0.2, 0) is 17.7 Å². The van der Waals surface area contributed by atoms with Gasteiger partial charge in [0.1, 0.15) is 5.75 Å². The predicted molar refractivity (Wildman–Crippen MR) is 108 cm³/mol. The molecule has 4 nitrogen and oxygen atoms in total. The Morgan fingerprint density at radius 2 is 1.77 bits per heavy atom. The Morgan fingerprint density at radius 1 is 1.10 bits per heavy atom. The molecule has 1 unspecified atom stereocenters. The number of morpholine rings is 1. The third kappa shape index (κ3) is 5.74. The lowest BCUT2D eigenvalue weighted by molar-refractivity contribution is -0.275. The summed E-state index contributed by atoms with van der Waals surface area (Å²) in [7, 11) is 0. The van der Waals surface area contributed by atoms with Gasteiger partial charge in [-0.05, 0) is 23.1 Å². The molecule has 0 aromatic heterocycles. The van der Waals surface area contributed by atoms with E-state index in [9.17, 15) is 18.3 Å². The molecule has 1 saturated heterocycles. The molecule has 1 aliphatic rings. The molecular formula is C23H28F3NO3. The maximum atomic E-state index is 12.8. The molecule has 1 fully saturated rings. The Balaban J connectivity index is 1.79. The van der Waals surface area contributed by atoms with Crippen LogP contribution in [0.3, 0.4) is 0 Å². The second-order valence-corrected chi connectivity index (χ2v) is 8.06. The molecular weight excluding hydrogens is 395 g/mol. The number of alkyl halides is 3. The van der Waals surface area contributed by atoms with Gasteiger partial charge >= 0.3 is 6.36 Å². The molecule has 0 radical (unpaired) electrons. The molecule has 1 N–H and O–H groups in total. The van der Waals surface area contributed by atoms with Crippen LogP contribution < -0.4 is 4.74 Å². The number of nitrogens with zero attached hydrogens (tertiary/aromatic N) is 1. The Labute approximate surface area is 175 Å². The number of halogens is 3. The van der Waals surface area contributed by atoms with Crippen LogP contribution in [0.25, 0.3) is 0 Å². The largest absolute Gasteiger partial charge is 0.573 e. The highest BCUT2D eigenvalue weighted by molar-refractivity contribution is 5.35. The highest BCUT2D eigenvalue weighted by atomic mass is 19.4. The lowest BCUT2D eigenvalue weighted by Gasteiger charge is -2.44. The highest BCUT2D eigenvalue weighted by Crippen LogP contribution is 2.35. The summed E-state index contributed by atoms with van der Waals surface area (Å²) in [6.45, 7) is 6.11. The van der Waals surface area contributed by atoms with Crippen molar-refractivity contribution in [3.05, 3.63) is 65.7 Å². The van der Waals surface area contributed by atoms with Crippen molar-refractivity contribution < 1.29 is 27.8 Å². The quantitative estimate of drug-likeness (QED) is 0.716. The minimum atomic E-state index is -4.79. The fourth-order valence-electron chi connectivity index (χ4n) is 3.86. The summed E-state index contributed by atoms with van der Waals surface area (Å²) in [6, 6.07) is 16.0. The lowest BCUT2D eigenvalue weighted by Crippen LogP contribution is -2.58. The summed E-state index contributed by atoms with van der Waals surface area (Å²) in [5.74, 6) is -0.529. The Morgan fingerprint density at radius 3 is 2.43 bits per heavy atom. The summed E-state index contributed by atoms with van der Waals surface area (Å²) < 4.78 is 48.5. The van der Waals surface area contributed by atoms with Crippen molar-refractivity contribution in [2.45, 2.75) is 44.9 Å². The smallest absolute Gasteiger partial charge is 0.406 e. The number of aliphatic hydroxyl groups is 1. The molecule has 0 spiro atoms. The van der Waals surface area contributed by atoms with E-state index in [1.807, 2.05) is 44.2 Å². The van der Waals surface area contributed by atoms with Gasteiger partial charge in [-0.1, -0.05) is 62.4 Å². The Kier molecular flexibility index (Phi) is 7.06. The van der Waals surface area contributed by atoms with Crippen LogP contribution in [-0.4, -0.2) is 47.8 Å². The van der Waals surface area contributed by atoms with E-state index in [0.29, 0.717) is 18.7 Å². The van der Waals surface area contributed by atoms with Crippen LogP contribution in [0.4, 0.5) is 13.2 Å². The zero-order valence-corrected chi connectivity index (χ0v) is 17.2. The second-order valence-electron chi connectivity index (χ2n) is 8.06. The Hall–Kier alpha value is -2.09. The van der Waals surface area contributed by atoms with Gasteiger partial charge in [0.15, 0.2) is 0 Å². The number of rotatable bonds is 7. The van der Waals surface area contributed by atoms with Crippen LogP contribution in [0, 0.1) is 5.92 Å². The molecule has 164 valence electrons. The predicted octanol–water partition coefficient (Wildman–Crippen LogP) is 4.42. The molecule has 1 aliphatic heterocycles. The molecule has 0 amide bonds. The molecule has 2 atom stereocenters. The molecule has 2 aromatic carbocycles. The molecule has 30 heavy (non-hydrogen) atoms. The van der Waals surface area contributed by atoms with Gasteiger partial charge in [-0.15, -0.1) is 13.2 Å². The first-order valence-electron chi connectivity index (χ1n) is 10.1. The fraction of sp³-hybridized carbons (Fsp3) is 0.478.